The van der Waals surface area contributed by atoms with Gasteiger partial charge in [-0.05, 0) is 19.8 Å². The number of carbonyl (C=O) groups is 1. The van der Waals surface area contributed by atoms with Crippen molar-refractivity contribution in [3.63, 3.8) is 0 Å². The minimum absolute atomic E-state index is 0.00930. The molecule has 0 bridgehead atoms. The van der Waals surface area contributed by atoms with Crippen molar-refractivity contribution in [2.24, 2.45) is 0 Å². The Hall–Kier alpha value is -1.40. The molecule has 1 aromatic rings. The maximum atomic E-state index is 12.1. The number of nitrogens with zero attached hydrogens (tertiary/aromatic N) is 2. The normalized spacial score (nSPS) is 22.0. The third-order valence-corrected chi connectivity index (χ3v) is 4.88. The summed E-state index contributed by atoms with van der Waals surface area (Å²) in [7, 11) is 0. The molecule has 1 saturated heterocycles. The van der Waals surface area contributed by atoms with Gasteiger partial charge < -0.3 is 14.0 Å². The van der Waals surface area contributed by atoms with Gasteiger partial charge in [0, 0.05) is 5.41 Å². The van der Waals surface area contributed by atoms with Crippen LogP contribution in [0.5, 0.6) is 0 Å². The van der Waals surface area contributed by atoms with E-state index in [9.17, 15) is 4.79 Å². The number of aromatic nitrogens is 1. The van der Waals surface area contributed by atoms with Crippen LogP contribution in [0.3, 0.4) is 0 Å². The van der Waals surface area contributed by atoms with Crippen molar-refractivity contribution < 1.29 is 18.8 Å². The van der Waals surface area contributed by atoms with Gasteiger partial charge >= 0.3 is 5.97 Å². The van der Waals surface area contributed by atoms with Crippen LogP contribution in [0.4, 0.5) is 0 Å². The van der Waals surface area contributed by atoms with Crippen LogP contribution in [0.25, 0.3) is 0 Å². The summed E-state index contributed by atoms with van der Waals surface area (Å²) >= 11 is 0. The smallest absolute Gasteiger partial charge is 0.331 e. The van der Waals surface area contributed by atoms with Crippen LogP contribution in [-0.2, 0) is 26.2 Å². The van der Waals surface area contributed by atoms with Gasteiger partial charge in [-0.15, -0.1) is 5.06 Å². The summed E-state index contributed by atoms with van der Waals surface area (Å²) in [5.41, 5.74) is 0.708. The van der Waals surface area contributed by atoms with E-state index in [0.717, 1.165) is 24.5 Å². The van der Waals surface area contributed by atoms with E-state index >= 15 is 0 Å². The number of rotatable bonds is 4. The molecule has 1 aromatic heterocycles. The number of ether oxygens (including phenoxy) is 1. The summed E-state index contributed by atoms with van der Waals surface area (Å²) in [4.78, 5) is 22.1. The molecule has 0 radical (unpaired) electrons. The molecule has 2 aliphatic rings. The summed E-state index contributed by atoms with van der Waals surface area (Å²) in [6, 6.07) is 0. The van der Waals surface area contributed by atoms with E-state index in [1.807, 2.05) is 6.92 Å². The van der Waals surface area contributed by atoms with Gasteiger partial charge in [-0.2, -0.15) is 0 Å². The summed E-state index contributed by atoms with van der Waals surface area (Å²) < 4.78 is 11.1. The largest absolute Gasteiger partial charge is 0.445 e. The molecule has 0 atom stereocenters. The Bertz CT molecular complexity index is 543. The second-order valence-corrected chi connectivity index (χ2v) is 6.82. The standard InChI is InChI=1S/C17H26N2O4/c1-13-14(12-15(20)23-19-8-10-21-11-9-19)18-16(22-13)17(2)6-4-3-5-7-17/h3-12H2,1-2H3. The van der Waals surface area contributed by atoms with Gasteiger partial charge in [-0.3, -0.25) is 0 Å². The van der Waals surface area contributed by atoms with Gasteiger partial charge in [0.05, 0.1) is 38.4 Å². The van der Waals surface area contributed by atoms with E-state index in [1.54, 1.807) is 5.06 Å². The molecule has 128 valence electrons. The van der Waals surface area contributed by atoms with Crippen molar-refractivity contribution in [3.05, 3.63) is 17.3 Å². The van der Waals surface area contributed by atoms with Gasteiger partial charge in [0.15, 0.2) is 0 Å². The summed E-state index contributed by atoms with van der Waals surface area (Å²) in [6.45, 7) is 6.52. The van der Waals surface area contributed by atoms with Crippen molar-refractivity contribution >= 4 is 5.97 Å². The van der Waals surface area contributed by atoms with Gasteiger partial charge in [0.25, 0.3) is 0 Å². The van der Waals surface area contributed by atoms with Crippen LogP contribution < -0.4 is 0 Å². The van der Waals surface area contributed by atoms with E-state index in [1.165, 1.54) is 19.3 Å². The lowest BCUT2D eigenvalue weighted by atomic mass is 9.76. The lowest BCUT2D eigenvalue weighted by Crippen LogP contribution is -2.38. The van der Waals surface area contributed by atoms with E-state index < -0.39 is 0 Å². The van der Waals surface area contributed by atoms with Crippen molar-refractivity contribution in [1.29, 1.82) is 0 Å². The Labute approximate surface area is 137 Å². The summed E-state index contributed by atoms with van der Waals surface area (Å²) in [6.07, 6.45) is 6.07. The van der Waals surface area contributed by atoms with Gasteiger partial charge in [-0.25, -0.2) is 9.78 Å². The molecule has 23 heavy (non-hydrogen) atoms. The second-order valence-electron chi connectivity index (χ2n) is 6.82. The topological polar surface area (TPSA) is 64.8 Å². The molecule has 1 saturated carbocycles. The zero-order chi connectivity index (χ0) is 16.3. The molecular formula is C17H26N2O4. The number of aryl methyl sites for hydroxylation is 1. The predicted octanol–water partition coefficient (Wildman–Crippen LogP) is 2.54. The van der Waals surface area contributed by atoms with E-state index in [-0.39, 0.29) is 17.8 Å². The first-order valence-corrected chi connectivity index (χ1v) is 8.57. The highest BCUT2D eigenvalue weighted by molar-refractivity contribution is 5.71. The lowest BCUT2D eigenvalue weighted by molar-refractivity contribution is -0.204. The first kappa shape index (κ1) is 16.5. The maximum Gasteiger partial charge on any atom is 0.331 e. The zero-order valence-electron chi connectivity index (χ0n) is 14.1. The zero-order valence-corrected chi connectivity index (χ0v) is 14.1. The molecule has 0 amide bonds. The molecule has 3 rings (SSSR count). The quantitative estimate of drug-likeness (QED) is 0.849. The number of carbonyl (C=O) groups excluding carboxylic acids is 1. The molecule has 6 nitrogen and oxygen atoms in total. The van der Waals surface area contributed by atoms with Crippen molar-refractivity contribution in [2.45, 2.75) is 57.8 Å². The average Bonchev–Trinajstić information content (AvgIpc) is 2.91. The van der Waals surface area contributed by atoms with Gasteiger partial charge in [0.1, 0.15) is 5.76 Å². The number of hydroxylamine groups is 2. The van der Waals surface area contributed by atoms with E-state index in [0.29, 0.717) is 32.0 Å². The fourth-order valence-electron chi connectivity index (χ4n) is 3.35. The Morgan fingerprint density at radius 1 is 1.26 bits per heavy atom. The first-order valence-electron chi connectivity index (χ1n) is 8.57. The van der Waals surface area contributed by atoms with Crippen molar-refractivity contribution in [3.8, 4) is 0 Å². The molecule has 0 aromatic carbocycles. The Morgan fingerprint density at radius 2 is 1.96 bits per heavy atom. The lowest BCUT2D eigenvalue weighted by Gasteiger charge is -2.30. The van der Waals surface area contributed by atoms with Gasteiger partial charge in [-0.1, -0.05) is 26.2 Å². The highest BCUT2D eigenvalue weighted by atomic mass is 16.7. The molecule has 0 N–H and O–H groups in total. The number of oxazole rings is 1. The Kier molecular flexibility index (Phi) is 5.02. The summed E-state index contributed by atoms with van der Waals surface area (Å²) in [5.74, 6) is 1.22. The molecular weight excluding hydrogens is 296 g/mol. The number of hydrogen-bond donors (Lipinski definition) is 0. The monoisotopic (exact) mass is 322 g/mol. The Morgan fingerprint density at radius 3 is 2.65 bits per heavy atom. The molecule has 1 aliphatic heterocycles. The molecule has 2 heterocycles. The first-order chi connectivity index (χ1) is 11.1. The molecule has 1 aliphatic carbocycles. The minimum Gasteiger partial charge on any atom is -0.445 e. The number of morpholine rings is 1. The Balaban J connectivity index is 1.62. The number of hydrogen-bond acceptors (Lipinski definition) is 6. The van der Waals surface area contributed by atoms with Crippen molar-refractivity contribution in [1.82, 2.24) is 10.0 Å². The SMILES string of the molecule is Cc1oc(C2(C)CCCCC2)nc1CC(=O)ON1CCOCC1. The van der Waals surface area contributed by atoms with Crippen LogP contribution in [0, 0.1) is 6.92 Å². The second kappa shape index (κ2) is 7.01. The summed E-state index contributed by atoms with van der Waals surface area (Å²) in [5, 5.41) is 1.66. The van der Waals surface area contributed by atoms with Crippen LogP contribution in [0.2, 0.25) is 0 Å². The molecule has 6 heteroatoms. The third-order valence-electron chi connectivity index (χ3n) is 4.88. The fraction of sp³-hybridized carbons (Fsp3) is 0.765. The van der Waals surface area contributed by atoms with Crippen LogP contribution in [0.15, 0.2) is 4.42 Å². The third kappa shape index (κ3) is 3.93. The van der Waals surface area contributed by atoms with Crippen LogP contribution >= 0.6 is 0 Å². The van der Waals surface area contributed by atoms with Crippen molar-refractivity contribution in [2.75, 3.05) is 26.3 Å². The predicted molar refractivity (Wildman–Crippen MR) is 83.9 cm³/mol. The maximum absolute atomic E-state index is 12.1. The van der Waals surface area contributed by atoms with Crippen LogP contribution in [0.1, 0.15) is 56.4 Å². The highest BCUT2D eigenvalue weighted by Gasteiger charge is 2.34. The minimum atomic E-state index is -0.288. The average molecular weight is 322 g/mol. The van der Waals surface area contributed by atoms with E-state index in [4.69, 9.17) is 14.0 Å². The molecule has 0 unspecified atom stereocenters. The molecule has 0 spiro atoms. The highest BCUT2D eigenvalue weighted by Crippen LogP contribution is 2.39. The van der Waals surface area contributed by atoms with E-state index in [2.05, 4.69) is 11.9 Å². The fourth-order valence-corrected chi connectivity index (χ4v) is 3.35. The van der Waals surface area contributed by atoms with Gasteiger partial charge in [0.2, 0.25) is 5.89 Å². The van der Waals surface area contributed by atoms with Crippen LogP contribution in [-0.4, -0.2) is 42.3 Å². The molecule has 2 fully saturated rings.